The zero-order valence-electron chi connectivity index (χ0n) is 9.40. The van der Waals surface area contributed by atoms with Crippen molar-refractivity contribution in [3.63, 3.8) is 0 Å². The Morgan fingerprint density at radius 1 is 1.56 bits per heavy atom. The zero-order valence-corrected chi connectivity index (χ0v) is 10.2. The Morgan fingerprint density at radius 3 is 2.75 bits per heavy atom. The van der Waals surface area contributed by atoms with Crippen molar-refractivity contribution < 1.29 is 19.7 Å². The van der Waals surface area contributed by atoms with Gasteiger partial charge in [0.1, 0.15) is 12.4 Å². The summed E-state index contributed by atoms with van der Waals surface area (Å²) in [6.45, 7) is 3.94. The van der Waals surface area contributed by atoms with Gasteiger partial charge in [-0.05, 0) is 18.9 Å². The van der Waals surface area contributed by atoms with Crippen LogP contribution in [0.15, 0.2) is 6.07 Å². The first-order chi connectivity index (χ1) is 7.58. The minimum absolute atomic E-state index is 0.136. The second-order valence-electron chi connectivity index (χ2n) is 3.44. The number of thiophene rings is 1. The first-order valence-electron chi connectivity index (χ1n) is 5.25. The van der Waals surface area contributed by atoms with Crippen LogP contribution in [-0.4, -0.2) is 28.9 Å². The molecule has 1 aromatic rings. The van der Waals surface area contributed by atoms with E-state index in [9.17, 15) is 9.90 Å². The van der Waals surface area contributed by atoms with Gasteiger partial charge in [-0.25, -0.2) is 4.79 Å². The summed E-state index contributed by atoms with van der Waals surface area (Å²) in [5, 5.41) is 18.3. The van der Waals surface area contributed by atoms with Gasteiger partial charge < -0.3 is 14.9 Å². The molecule has 0 aromatic carbocycles. The van der Waals surface area contributed by atoms with E-state index >= 15 is 0 Å². The molecule has 0 bridgehead atoms. The van der Waals surface area contributed by atoms with Crippen LogP contribution in [-0.2, 0) is 6.42 Å². The Balaban J connectivity index is 2.77. The minimum atomic E-state index is -0.981. The predicted octanol–water partition coefficient (Wildman–Crippen LogP) is 2.16. The number of ether oxygens (including phenoxy) is 1. The van der Waals surface area contributed by atoms with Gasteiger partial charge in [0.15, 0.2) is 4.88 Å². The Morgan fingerprint density at radius 2 is 2.25 bits per heavy atom. The number of hydrogen-bond acceptors (Lipinski definition) is 4. The molecular formula is C11H16O4S. The summed E-state index contributed by atoms with van der Waals surface area (Å²) in [7, 11) is 0. The van der Waals surface area contributed by atoms with Gasteiger partial charge in [-0.1, -0.05) is 13.8 Å². The lowest BCUT2D eigenvalue weighted by atomic mass is 10.3. The third-order valence-electron chi connectivity index (χ3n) is 2.19. The topological polar surface area (TPSA) is 66.8 Å². The summed E-state index contributed by atoms with van der Waals surface area (Å²) in [4.78, 5) is 12.1. The summed E-state index contributed by atoms with van der Waals surface area (Å²) < 4.78 is 5.31. The quantitative estimate of drug-likeness (QED) is 0.804. The Kier molecular flexibility index (Phi) is 4.76. The van der Waals surface area contributed by atoms with Gasteiger partial charge in [0, 0.05) is 4.88 Å². The summed E-state index contributed by atoms with van der Waals surface area (Å²) in [6, 6.07) is 1.73. The van der Waals surface area contributed by atoms with Crippen LogP contribution in [0.5, 0.6) is 5.75 Å². The van der Waals surface area contributed by atoms with Crippen molar-refractivity contribution in [1.29, 1.82) is 0 Å². The number of aromatic carboxylic acids is 1. The van der Waals surface area contributed by atoms with Gasteiger partial charge in [0.25, 0.3) is 0 Å². The molecule has 0 aliphatic carbocycles. The van der Waals surface area contributed by atoms with Crippen LogP contribution >= 0.6 is 11.3 Å². The van der Waals surface area contributed by atoms with Crippen molar-refractivity contribution in [2.75, 3.05) is 6.61 Å². The second-order valence-corrected chi connectivity index (χ2v) is 4.57. The van der Waals surface area contributed by atoms with Crippen LogP contribution in [0.1, 0.15) is 34.8 Å². The van der Waals surface area contributed by atoms with Crippen molar-refractivity contribution >= 4 is 17.3 Å². The van der Waals surface area contributed by atoms with E-state index in [1.54, 1.807) is 6.07 Å². The minimum Gasteiger partial charge on any atom is -0.489 e. The lowest BCUT2D eigenvalue weighted by Gasteiger charge is -2.09. The smallest absolute Gasteiger partial charge is 0.349 e. The number of aliphatic hydroxyl groups is 1. The van der Waals surface area contributed by atoms with Gasteiger partial charge in [-0.15, -0.1) is 11.3 Å². The van der Waals surface area contributed by atoms with Crippen LogP contribution in [0.25, 0.3) is 0 Å². The number of hydrogen-bond donors (Lipinski definition) is 2. The van der Waals surface area contributed by atoms with Gasteiger partial charge in [0.05, 0.1) is 6.10 Å². The molecule has 1 heterocycles. The van der Waals surface area contributed by atoms with Gasteiger partial charge >= 0.3 is 5.97 Å². The van der Waals surface area contributed by atoms with Crippen LogP contribution < -0.4 is 4.74 Å². The van der Waals surface area contributed by atoms with Crippen LogP contribution in [0.2, 0.25) is 0 Å². The molecule has 0 radical (unpaired) electrons. The summed E-state index contributed by atoms with van der Waals surface area (Å²) in [6.07, 6.45) is 0.823. The Labute approximate surface area is 98.5 Å². The van der Waals surface area contributed by atoms with Gasteiger partial charge in [-0.3, -0.25) is 0 Å². The average molecular weight is 244 g/mol. The van der Waals surface area contributed by atoms with Crippen molar-refractivity contribution in [2.24, 2.45) is 0 Å². The molecule has 0 saturated heterocycles. The molecule has 0 aliphatic rings. The summed E-state index contributed by atoms with van der Waals surface area (Å²) in [5.74, 6) is -0.618. The maximum absolute atomic E-state index is 10.9. The molecule has 0 saturated carbocycles. The Bertz CT molecular complexity index is 359. The van der Waals surface area contributed by atoms with E-state index in [0.717, 1.165) is 11.3 Å². The SMILES string of the molecule is CCc1cc(OCC(O)CC)c(C(=O)O)s1. The molecular weight excluding hydrogens is 228 g/mol. The van der Waals surface area contributed by atoms with E-state index in [1.165, 1.54) is 11.3 Å². The molecule has 0 aliphatic heterocycles. The van der Waals surface area contributed by atoms with Crippen molar-refractivity contribution in [2.45, 2.75) is 32.8 Å². The molecule has 1 atom stereocenters. The lowest BCUT2D eigenvalue weighted by molar-refractivity contribution is 0.0689. The molecule has 90 valence electrons. The number of carboxylic acids is 1. The standard InChI is InChI=1S/C11H16O4S/c1-3-7(12)6-15-9-5-8(4-2)16-10(9)11(13)14/h5,7,12H,3-4,6H2,1-2H3,(H,13,14). The zero-order chi connectivity index (χ0) is 12.1. The van der Waals surface area contributed by atoms with E-state index in [2.05, 4.69) is 0 Å². The predicted molar refractivity (Wildman–Crippen MR) is 62.4 cm³/mol. The highest BCUT2D eigenvalue weighted by Crippen LogP contribution is 2.29. The highest BCUT2D eigenvalue weighted by Gasteiger charge is 2.16. The third kappa shape index (κ3) is 3.21. The number of rotatable bonds is 6. The van der Waals surface area contributed by atoms with E-state index in [4.69, 9.17) is 9.84 Å². The maximum Gasteiger partial charge on any atom is 0.349 e. The Hall–Kier alpha value is -1.07. The van der Waals surface area contributed by atoms with Crippen LogP contribution in [0, 0.1) is 0 Å². The fourth-order valence-electron chi connectivity index (χ4n) is 1.16. The molecule has 2 N–H and O–H groups in total. The summed E-state index contributed by atoms with van der Waals surface area (Å²) in [5.41, 5.74) is 0. The monoisotopic (exact) mass is 244 g/mol. The molecule has 1 rings (SSSR count). The maximum atomic E-state index is 10.9. The van der Waals surface area contributed by atoms with Crippen molar-refractivity contribution in [1.82, 2.24) is 0 Å². The number of carboxylic acid groups (broad SMARTS) is 1. The lowest BCUT2D eigenvalue weighted by Crippen LogP contribution is -2.16. The number of carbonyl (C=O) groups is 1. The fraction of sp³-hybridized carbons (Fsp3) is 0.545. The molecule has 0 amide bonds. The van der Waals surface area contributed by atoms with Gasteiger partial charge in [-0.2, -0.15) is 0 Å². The van der Waals surface area contributed by atoms with E-state index in [-0.39, 0.29) is 11.5 Å². The number of aliphatic hydroxyl groups excluding tert-OH is 1. The normalized spacial score (nSPS) is 12.4. The average Bonchev–Trinajstić information content (AvgIpc) is 2.69. The second kappa shape index (κ2) is 5.86. The highest BCUT2D eigenvalue weighted by atomic mass is 32.1. The first-order valence-corrected chi connectivity index (χ1v) is 6.07. The van der Waals surface area contributed by atoms with Crippen LogP contribution in [0.3, 0.4) is 0 Å². The molecule has 1 unspecified atom stereocenters. The largest absolute Gasteiger partial charge is 0.489 e. The third-order valence-corrected chi connectivity index (χ3v) is 3.44. The molecule has 1 aromatic heterocycles. The fourth-order valence-corrected chi connectivity index (χ4v) is 2.04. The van der Waals surface area contributed by atoms with Gasteiger partial charge in [0.2, 0.25) is 0 Å². The van der Waals surface area contributed by atoms with E-state index in [0.29, 0.717) is 12.2 Å². The first kappa shape index (κ1) is 13.0. The van der Waals surface area contributed by atoms with Crippen molar-refractivity contribution in [3.05, 3.63) is 15.8 Å². The molecule has 4 nitrogen and oxygen atoms in total. The van der Waals surface area contributed by atoms with E-state index < -0.39 is 12.1 Å². The molecule has 0 fully saturated rings. The summed E-state index contributed by atoms with van der Waals surface area (Å²) >= 11 is 1.22. The molecule has 16 heavy (non-hydrogen) atoms. The van der Waals surface area contributed by atoms with E-state index in [1.807, 2.05) is 13.8 Å². The highest BCUT2D eigenvalue weighted by molar-refractivity contribution is 7.14. The van der Waals surface area contributed by atoms with Crippen LogP contribution in [0.4, 0.5) is 0 Å². The number of aryl methyl sites for hydroxylation is 1. The van der Waals surface area contributed by atoms with Crippen molar-refractivity contribution in [3.8, 4) is 5.75 Å². The molecule has 5 heteroatoms. The molecule has 0 spiro atoms.